The second-order valence-electron chi connectivity index (χ2n) is 3.69. The normalized spacial score (nSPS) is 10.0. The third-order valence-electron chi connectivity index (χ3n) is 2.33. The summed E-state index contributed by atoms with van der Waals surface area (Å²) in [7, 11) is 0. The molecule has 1 rings (SSSR count). The molecule has 1 aromatic rings. The molecule has 3 N–H and O–H groups in total. The highest BCUT2D eigenvalue weighted by Crippen LogP contribution is 2.22. The summed E-state index contributed by atoms with van der Waals surface area (Å²) in [5, 5.41) is 2.85. The summed E-state index contributed by atoms with van der Waals surface area (Å²) in [4.78, 5) is 11.5. The lowest BCUT2D eigenvalue weighted by atomic mass is 10.1. The topological polar surface area (TPSA) is 55.1 Å². The second kappa shape index (κ2) is 5.39. The number of benzene rings is 1. The summed E-state index contributed by atoms with van der Waals surface area (Å²) in [5.41, 5.74) is 8.16. The fourth-order valence-electron chi connectivity index (χ4n) is 1.40. The smallest absolute Gasteiger partial charge is 0.224 e. The Morgan fingerprint density at radius 2 is 2.20 bits per heavy atom. The molecule has 82 valence electrons. The minimum atomic E-state index is 0.0397. The molecule has 0 aliphatic carbocycles. The number of unbranched alkanes of at least 4 members (excludes halogenated alkanes) is 1. The highest BCUT2D eigenvalue weighted by atomic mass is 16.1. The average Bonchev–Trinajstić information content (AvgIpc) is 2.21. The first-order valence-electron chi connectivity index (χ1n) is 5.30. The van der Waals surface area contributed by atoms with Gasteiger partial charge in [0.25, 0.3) is 0 Å². The predicted octanol–water partition coefficient (Wildman–Crippen LogP) is 2.71. The van der Waals surface area contributed by atoms with Crippen molar-refractivity contribution < 1.29 is 4.79 Å². The fraction of sp³-hybridized carbons (Fsp3) is 0.417. The van der Waals surface area contributed by atoms with Gasteiger partial charge >= 0.3 is 0 Å². The van der Waals surface area contributed by atoms with E-state index in [2.05, 4.69) is 12.2 Å². The number of rotatable bonds is 4. The van der Waals surface area contributed by atoms with E-state index in [1.807, 2.05) is 19.1 Å². The summed E-state index contributed by atoms with van der Waals surface area (Å²) in [6, 6.07) is 5.61. The lowest BCUT2D eigenvalue weighted by Gasteiger charge is -2.10. The number of aryl methyl sites for hydroxylation is 1. The standard InChI is InChI=1S/C12H18N2O/c1-3-4-8-11(15)14-12-9(2)6-5-7-10(12)13/h5-7H,3-4,8,13H2,1-2H3,(H,14,15). The molecule has 0 spiro atoms. The second-order valence-corrected chi connectivity index (χ2v) is 3.69. The van der Waals surface area contributed by atoms with Crippen LogP contribution in [0.5, 0.6) is 0 Å². The molecule has 15 heavy (non-hydrogen) atoms. The van der Waals surface area contributed by atoms with Crippen molar-refractivity contribution in [2.75, 3.05) is 11.1 Å². The first kappa shape index (κ1) is 11.6. The van der Waals surface area contributed by atoms with Crippen LogP contribution in [0.3, 0.4) is 0 Å². The molecule has 3 nitrogen and oxygen atoms in total. The molecule has 1 aromatic carbocycles. The zero-order chi connectivity index (χ0) is 11.3. The number of nitrogen functional groups attached to an aromatic ring is 1. The maximum absolute atomic E-state index is 11.5. The number of hydrogen-bond acceptors (Lipinski definition) is 2. The number of carbonyl (C=O) groups excluding carboxylic acids is 1. The van der Waals surface area contributed by atoms with Gasteiger partial charge in [0.05, 0.1) is 11.4 Å². The third-order valence-corrected chi connectivity index (χ3v) is 2.33. The van der Waals surface area contributed by atoms with Gasteiger partial charge in [0, 0.05) is 6.42 Å². The molecule has 0 radical (unpaired) electrons. The van der Waals surface area contributed by atoms with E-state index in [0.29, 0.717) is 12.1 Å². The molecule has 0 aliphatic rings. The van der Waals surface area contributed by atoms with E-state index in [1.54, 1.807) is 6.07 Å². The summed E-state index contributed by atoms with van der Waals surface area (Å²) >= 11 is 0. The van der Waals surface area contributed by atoms with Crippen LogP contribution in [0.15, 0.2) is 18.2 Å². The molecule has 0 fully saturated rings. The highest BCUT2D eigenvalue weighted by molar-refractivity contribution is 5.94. The lowest BCUT2D eigenvalue weighted by Crippen LogP contribution is -2.13. The fourth-order valence-corrected chi connectivity index (χ4v) is 1.40. The van der Waals surface area contributed by atoms with Crippen molar-refractivity contribution in [2.45, 2.75) is 33.1 Å². The van der Waals surface area contributed by atoms with E-state index in [0.717, 1.165) is 24.1 Å². The van der Waals surface area contributed by atoms with Crippen molar-refractivity contribution in [3.8, 4) is 0 Å². The average molecular weight is 206 g/mol. The monoisotopic (exact) mass is 206 g/mol. The molecule has 0 aliphatic heterocycles. The van der Waals surface area contributed by atoms with Gasteiger partial charge in [0.1, 0.15) is 0 Å². The van der Waals surface area contributed by atoms with Crippen molar-refractivity contribution in [1.82, 2.24) is 0 Å². The maximum atomic E-state index is 11.5. The van der Waals surface area contributed by atoms with E-state index >= 15 is 0 Å². The Bertz CT molecular complexity index is 327. The van der Waals surface area contributed by atoms with Gasteiger partial charge in [-0.05, 0) is 25.0 Å². The lowest BCUT2D eigenvalue weighted by molar-refractivity contribution is -0.116. The number of hydrogen-bond donors (Lipinski definition) is 2. The number of anilines is 2. The van der Waals surface area contributed by atoms with Gasteiger partial charge in [-0.2, -0.15) is 0 Å². The molecule has 3 heteroatoms. The zero-order valence-corrected chi connectivity index (χ0v) is 9.34. The largest absolute Gasteiger partial charge is 0.397 e. The van der Waals surface area contributed by atoms with Crippen LogP contribution in [0, 0.1) is 6.92 Å². The Hall–Kier alpha value is -1.51. The van der Waals surface area contributed by atoms with Crippen LogP contribution >= 0.6 is 0 Å². The van der Waals surface area contributed by atoms with Crippen LogP contribution in [0.25, 0.3) is 0 Å². The molecular weight excluding hydrogens is 188 g/mol. The molecule has 1 amide bonds. The number of para-hydroxylation sites is 1. The van der Waals surface area contributed by atoms with Crippen LogP contribution in [-0.4, -0.2) is 5.91 Å². The quantitative estimate of drug-likeness (QED) is 0.744. The van der Waals surface area contributed by atoms with Crippen LogP contribution < -0.4 is 11.1 Å². The van der Waals surface area contributed by atoms with Gasteiger partial charge in [-0.25, -0.2) is 0 Å². The zero-order valence-electron chi connectivity index (χ0n) is 9.34. The van der Waals surface area contributed by atoms with Crippen molar-refractivity contribution >= 4 is 17.3 Å². The Balaban J connectivity index is 2.68. The molecule has 0 saturated carbocycles. The predicted molar refractivity (Wildman–Crippen MR) is 63.7 cm³/mol. The van der Waals surface area contributed by atoms with Gasteiger partial charge in [0.15, 0.2) is 0 Å². The molecule has 0 bridgehead atoms. The van der Waals surface area contributed by atoms with Crippen LogP contribution in [0.1, 0.15) is 31.7 Å². The van der Waals surface area contributed by atoms with E-state index in [9.17, 15) is 4.79 Å². The Morgan fingerprint density at radius 1 is 1.47 bits per heavy atom. The van der Waals surface area contributed by atoms with Crippen molar-refractivity contribution in [1.29, 1.82) is 0 Å². The first-order chi connectivity index (χ1) is 7.15. The van der Waals surface area contributed by atoms with E-state index in [-0.39, 0.29) is 5.91 Å². The Labute approximate surface area is 90.7 Å². The summed E-state index contributed by atoms with van der Waals surface area (Å²) in [6.07, 6.45) is 2.50. The number of amides is 1. The van der Waals surface area contributed by atoms with Crippen LogP contribution in [-0.2, 0) is 4.79 Å². The van der Waals surface area contributed by atoms with E-state index < -0.39 is 0 Å². The molecule has 0 aromatic heterocycles. The molecule has 0 unspecified atom stereocenters. The number of nitrogens with one attached hydrogen (secondary N) is 1. The molecule has 0 saturated heterocycles. The summed E-state index contributed by atoms with van der Waals surface area (Å²) in [5.74, 6) is 0.0397. The molecule has 0 heterocycles. The van der Waals surface area contributed by atoms with Crippen LogP contribution in [0.2, 0.25) is 0 Å². The molecule has 0 atom stereocenters. The van der Waals surface area contributed by atoms with Crippen molar-refractivity contribution in [3.63, 3.8) is 0 Å². The van der Waals surface area contributed by atoms with Gasteiger partial charge in [-0.15, -0.1) is 0 Å². The van der Waals surface area contributed by atoms with Gasteiger partial charge in [-0.1, -0.05) is 25.5 Å². The first-order valence-corrected chi connectivity index (χ1v) is 5.30. The van der Waals surface area contributed by atoms with Gasteiger partial charge < -0.3 is 11.1 Å². The number of carbonyl (C=O) groups is 1. The maximum Gasteiger partial charge on any atom is 0.224 e. The minimum absolute atomic E-state index is 0.0397. The SMILES string of the molecule is CCCCC(=O)Nc1c(C)cccc1N. The summed E-state index contributed by atoms with van der Waals surface area (Å²) in [6.45, 7) is 4.00. The van der Waals surface area contributed by atoms with Crippen LogP contribution in [0.4, 0.5) is 11.4 Å². The Morgan fingerprint density at radius 3 is 2.80 bits per heavy atom. The molecular formula is C12H18N2O. The van der Waals surface area contributed by atoms with Crippen molar-refractivity contribution in [3.05, 3.63) is 23.8 Å². The van der Waals surface area contributed by atoms with Gasteiger partial charge in [-0.3, -0.25) is 4.79 Å². The van der Waals surface area contributed by atoms with E-state index in [1.165, 1.54) is 0 Å². The van der Waals surface area contributed by atoms with Gasteiger partial charge in [0.2, 0.25) is 5.91 Å². The summed E-state index contributed by atoms with van der Waals surface area (Å²) < 4.78 is 0. The Kier molecular flexibility index (Phi) is 4.16. The number of nitrogens with two attached hydrogens (primary N) is 1. The third kappa shape index (κ3) is 3.27. The van der Waals surface area contributed by atoms with E-state index in [4.69, 9.17) is 5.73 Å². The minimum Gasteiger partial charge on any atom is -0.397 e. The highest BCUT2D eigenvalue weighted by Gasteiger charge is 2.06. The van der Waals surface area contributed by atoms with Crippen molar-refractivity contribution in [2.24, 2.45) is 0 Å².